The summed E-state index contributed by atoms with van der Waals surface area (Å²) in [5, 5.41) is 0. The Labute approximate surface area is 171 Å². The molecule has 1 rings (SSSR count). The minimum absolute atomic E-state index is 0.833. The van der Waals surface area contributed by atoms with Crippen molar-refractivity contribution < 1.29 is 0 Å². The summed E-state index contributed by atoms with van der Waals surface area (Å²) in [6.45, 7) is 26.6. The Kier molecular flexibility index (Phi) is 38.4. The first-order chi connectivity index (χ1) is 12.2. The molecule has 1 aliphatic carbocycles. The number of hydrogen-bond donors (Lipinski definition) is 0. The fraction of sp³-hybridized carbons (Fsp3) is 1.00. The Morgan fingerprint density at radius 2 is 0.808 bits per heavy atom. The molecule has 0 amide bonds. The zero-order valence-corrected chi connectivity index (χ0v) is 21.4. The van der Waals surface area contributed by atoms with E-state index in [1.165, 1.54) is 64.2 Å². The normalized spacial score (nSPS) is 13.5. The van der Waals surface area contributed by atoms with Crippen molar-refractivity contribution in [3.63, 3.8) is 0 Å². The van der Waals surface area contributed by atoms with E-state index in [0.29, 0.717) is 0 Å². The molecule has 0 unspecified atom stereocenters. The van der Waals surface area contributed by atoms with Crippen LogP contribution in [-0.2, 0) is 0 Å². The minimum atomic E-state index is 0.833. The maximum atomic E-state index is 2.36. The summed E-state index contributed by atoms with van der Waals surface area (Å²) < 4.78 is 0. The first kappa shape index (κ1) is 33.6. The topological polar surface area (TPSA) is 0 Å². The van der Waals surface area contributed by atoms with Crippen LogP contribution in [0.4, 0.5) is 0 Å². The predicted octanol–water partition coefficient (Wildman–Crippen LogP) is 10.6. The van der Waals surface area contributed by atoms with E-state index in [1.54, 1.807) is 0 Å². The zero-order valence-electron chi connectivity index (χ0n) is 21.4. The van der Waals surface area contributed by atoms with E-state index in [2.05, 4.69) is 83.1 Å². The fourth-order valence-electron chi connectivity index (χ4n) is 1.88. The maximum absolute atomic E-state index is 2.36. The molecule has 0 heterocycles. The Morgan fingerprint density at radius 3 is 0.885 bits per heavy atom. The summed E-state index contributed by atoms with van der Waals surface area (Å²) in [6, 6.07) is 0. The molecule has 0 nitrogen and oxygen atoms in total. The van der Waals surface area contributed by atoms with Gasteiger partial charge in [0.15, 0.2) is 0 Å². The average Bonchev–Trinajstić information content (AvgIpc) is 2.62. The van der Waals surface area contributed by atoms with Crippen LogP contribution in [0.2, 0.25) is 0 Å². The molecule has 0 bridgehead atoms. The zero-order chi connectivity index (χ0) is 21.4. The largest absolute Gasteiger partial charge is 0.0656 e. The van der Waals surface area contributed by atoms with Gasteiger partial charge in [-0.05, 0) is 23.7 Å². The molecule has 0 aromatic rings. The second-order valence-corrected chi connectivity index (χ2v) is 9.03. The van der Waals surface area contributed by atoms with E-state index in [0.717, 1.165) is 23.7 Å². The van der Waals surface area contributed by atoms with Crippen LogP contribution >= 0.6 is 0 Å². The molecule has 0 N–H and O–H groups in total. The molecular weight excluding hydrogens is 312 g/mol. The van der Waals surface area contributed by atoms with Crippen LogP contribution in [0.25, 0.3) is 0 Å². The predicted molar refractivity (Wildman–Crippen MR) is 128 cm³/mol. The molecule has 26 heavy (non-hydrogen) atoms. The van der Waals surface area contributed by atoms with Crippen LogP contribution in [-0.4, -0.2) is 0 Å². The van der Waals surface area contributed by atoms with Crippen molar-refractivity contribution in [1.82, 2.24) is 0 Å². The molecule has 1 saturated carbocycles. The van der Waals surface area contributed by atoms with Crippen molar-refractivity contribution in [3.8, 4) is 0 Å². The molecule has 0 aromatic carbocycles. The van der Waals surface area contributed by atoms with Crippen LogP contribution < -0.4 is 0 Å². The van der Waals surface area contributed by atoms with Crippen molar-refractivity contribution in [3.05, 3.63) is 0 Å². The van der Waals surface area contributed by atoms with Gasteiger partial charge < -0.3 is 0 Å². The molecule has 0 atom stereocenters. The van der Waals surface area contributed by atoms with E-state index < -0.39 is 0 Å². The van der Waals surface area contributed by atoms with E-state index in [-0.39, 0.29) is 0 Å². The third kappa shape index (κ3) is 49.6. The molecule has 164 valence electrons. The van der Waals surface area contributed by atoms with Gasteiger partial charge in [0, 0.05) is 0 Å². The highest BCUT2D eigenvalue weighted by molar-refractivity contribution is 4.59. The molecule has 1 fully saturated rings. The highest BCUT2D eigenvalue weighted by Gasteiger charge is 2.05. The van der Waals surface area contributed by atoms with Gasteiger partial charge in [0.2, 0.25) is 0 Å². The van der Waals surface area contributed by atoms with Crippen molar-refractivity contribution in [2.24, 2.45) is 23.7 Å². The van der Waals surface area contributed by atoms with Crippen molar-refractivity contribution in [2.45, 2.75) is 147 Å². The lowest BCUT2D eigenvalue weighted by Gasteiger charge is -2.15. The molecule has 1 aliphatic rings. The molecule has 0 aromatic heterocycles. The summed E-state index contributed by atoms with van der Waals surface area (Å²) in [7, 11) is 0. The number of rotatable bonds is 4. The van der Waals surface area contributed by atoms with E-state index in [4.69, 9.17) is 0 Å². The third-order valence-corrected chi connectivity index (χ3v) is 4.68. The smallest absolute Gasteiger partial charge is 0.0443 e. The van der Waals surface area contributed by atoms with Gasteiger partial charge in [0.05, 0.1) is 0 Å². The molecule has 0 aliphatic heterocycles. The number of hydrogen-bond acceptors (Lipinski definition) is 0. The summed E-state index contributed by atoms with van der Waals surface area (Å²) in [5.41, 5.74) is 0. The van der Waals surface area contributed by atoms with Crippen LogP contribution in [0.15, 0.2) is 0 Å². The van der Waals surface area contributed by atoms with Gasteiger partial charge in [0.25, 0.3) is 0 Å². The fourth-order valence-corrected chi connectivity index (χ4v) is 1.88. The monoisotopic (exact) mass is 372 g/mol. The Bertz CT molecular complexity index is 167. The molecule has 0 saturated heterocycles. The molecule has 0 heteroatoms. The molecular formula is C26H60. The average molecular weight is 373 g/mol. The van der Waals surface area contributed by atoms with Crippen molar-refractivity contribution >= 4 is 0 Å². The van der Waals surface area contributed by atoms with Gasteiger partial charge in [-0.25, -0.2) is 0 Å². The van der Waals surface area contributed by atoms with E-state index in [9.17, 15) is 0 Å². The second-order valence-electron chi connectivity index (χ2n) is 9.03. The van der Waals surface area contributed by atoms with Crippen LogP contribution in [0.5, 0.6) is 0 Å². The Balaban J connectivity index is -0.000000120. The third-order valence-electron chi connectivity index (χ3n) is 4.68. The first-order valence-electron chi connectivity index (χ1n) is 12.2. The Morgan fingerprint density at radius 1 is 0.577 bits per heavy atom. The summed E-state index contributed by atoms with van der Waals surface area (Å²) >= 11 is 0. The van der Waals surface area contributed by atoms with E-state index in [1.807, 2.05) is 0 Å². The van der Waals surface area contributed by atoms with Crippen molar-refractivity contribution in [1.29, 1.82) is 0 Å². The Hall–Kier alpha value is 0. The van der Waals surface area contributed by atoms with Crippen molar-refractivity contribution in [2.75, 3.05) is 0 Å². The summed E-state index contributed by atoms with van der Waals surface area (Å²) in [4.78, 5) is 0. The SMILES string of the molecule is CC(C)C.CC1CCCCC1.CCC.CCC(C)CC.CCC(C)CC. The molecule has 0 spiro atoms. The van der Waals surface area contributed by atoms with Gasteiger partial charge in [-0.1, -0.05) is 147 Å². The summed E-state index contributed by atoms with van der Waals surface area (Å²) in [6.07, 6.45) is 14.0. The van der Waals surface area contributed by atoms with E-state index >= 15 is 0 Å². The lowest BCUT2D eigenvalue weighted by atomic mass is 9.91. The van der Waals surface area contributed by atoms with Gasteiger partial charge in [0.1, 0.15) is 0 Å². The molecule has 0 radical (unpaired) electrons. The highest BCUT2D eigenvalue weighted by Crippen LogP contribution is 2.22. The highest BCUT2D eigenvalue weighted by atomic mass is 14.1. The van der Waals surface area contributed by atoms with Gasteiger partial charge in [-0.15, -0.1) is 0 Å². The lowest BCUT2D eigenvalue weighted by Crippen LogP contribution is -1.99. The van der Waals surface area contributed by atoms with Gasteiger partial charge >= 0.3 is 0 Å². The van der Waals surface area contributed by atoms with Crippen LogP contribution in [0.1, 0.15) is 147 Å². The van der Waals surface area contributed by atoms with Crippen LogP contribution in [0, 0.1) is 23.7 Å². The van der Waals surface area contributed by atoms with Crippen LogP contribution in [0.3, 0.4) is 0 Å². The van der Waals surface area contributed by atoms with Gasteiger partial charge in [-0.2, -0.15) is 0 Å². The van der Waals surface area contributed by atoms with Gasteiger partial charge in [-0.3, -0.25) is 0 Å². The lowest BCUT2D eigenvalue weighted by molar-refractivity contribution is 0.385. The first-order valence-corrected chi connectivity index (χ1v) is 12.2. The second kappa shape index (κ2) is 29.8. The maximum Gasteiger partial charge on any atom is -0.0443 e. The quantitative estimate of drug-likeness (QED) is 0.460. The standard InChI is InChI=1S/C7H14.2C6H14.C4H10.C3H8/c1-7-5-3-2-4-6-7;2*1-4-6(3)5-2;1-4(2)3;1-3-2/h7H,2-6H2,1H3;2*6H,4-5H2,1-3H3;4H,1-3H3;3H2,1-2H3. The summed E-state index contributed by atoms with van der Waals surface area (Å²) in [5.74, 6) is 3.74. The minimum Gasteiger partial charge on any atom is -0.0656 e.